The van der Waals surface area contributed by atoms with Gasteiger partial charge in [-0.15, -0.1) is 0 Å². The Balaban J connectivity index is 2.27. The molecule has 108 valence electrons. The highest BCUT2D eigenvalue weighted by Crippen LogP contribution is 2.23. The quantitative estimate of drug-likeness (QED) is 0.866. The normalized spacial score (nSPS) is 10.0. The summed E-state index contributed by atoms with van der Waals surface area (Å²) in [6.45, 7) is 2.46. The van der Waals surface area contributed by atoms with Gasteiger partial charge in [0.05, 0.1) is 17.9 Å². The number of nitrogens with zero attached hydrogens (tertiary/aromatic N) is 4. The average Bonchev–Trinajstić information content (AvgIpc) is 2.46. The topological polar surface area (TPSA) is 83.7 Å². The number of hydrogen-bond acceptors (Lipinski definition) is 6. The Hall–Kier alpha value is -1.91. The van der Waals surface area contributed by atoms with Gasteiger partial charge in [-0.3, -0.25) is 0 Å². The SMILES string of the molecule is CCCOc1nc(Cl)nc(Nc2ccc(Br)cc2C#N)n1. The predicted octanol–water partition coefficient (Wildman–Crippen LogP) is 3.69. The van der Waals surface area contributed by atoms with Gasteiger partial charge in [0.25, 0.3) is 0 Å². The first-order chi connectivity index (χ1) is 10.1. The van der Waals surface area contributed by atoms with Gasteiger partial charge in [-0.2, -0.15) is 20.2 Å². The molecule has 0 atom stereocenters. The Morgan fingerprint density at radius 1 is 1.38 bits per heavy atom. The lowest BCUT2D eigenvalue weighted by molar-refractivity contribution is 0.292. The highest BCUT2D eigenvalue weighted by molar-refractivity contribution is 9.10. The van der Waals surface area contributed by atoms with Crippen LogP contribution in [0.25, 0.3) is 0 Å². The fraction of sp³-hybridized carbons (Fsp3) is 0.231. The van der Waals surface area contributed by atoms with Crippen molar-refractivity contribution >= 4 is 39.2 Å². The zero-order valence-corrected chi connectivity index (χ0v) is 13.4. The summed E-state index contributed by atoms with van der Waals surface area (Å²) in [5, 5.41) is 12.1. The van der Waals surface area contributed by atoms with Crippen molar-refractivity contribution in [1.82, 2.24) is 15.0 Å². The molecule has 6 nitrogen and oxygen atoms in total. The lowest BCUT2D eigenvalue weighted by Gasteiger charge is -2.08. The van der Waals surface area contributed by atoms with Gasteiger partial charge >= 0.3 is 6.01 Å². The third-order valence-electron chi connectivity index (χ3n) is 2.37. The van der Waals surface area contributed by atoms with Gasteiger partial charge in [0.2, 0.25) is 11.2 Å². The van der Waals surface area contributed by atoms with Crippen molar-refractivity contribution < 1.29 is 4.74 Å². The van der Waals surface area contributed by atoms with Crippen molar-refractivity contribution in [2.45, 2.75) is 13.3 Å². The van der Waals surface area contributed by atoms with Crippen LogP contribution in [0.1, 0.15) is 18.9 Å². The molecule has 1 aromatic heterocycles. The molecule has 0 amide bonds. The fourth-order valence-electron chi connectivity index (χ4n) is 1.48. The summed E-state index contributed by atoms with van der Waals surface area (Å²) >= 11 is 9.15. The van der Waals surface area contributed by atoms with Crippen LogP contribution in [0.3, 0.4) is 0 Å². The molecule has 0 spiro atoms. The molecule has 2 aromatic rings. The van der Waals surface area contributed by atoms with E-state index in [0.717, 1.165) is 10.9 Å². The molecular weight excluding hydrogens is 358 g/mol. The number of aromatic nitrogens is 3. The molecule has 21 heavy (non-hydrogen) atoms. The van der Waals surface area contributed by atoms with Gasteiger partial charge in [-0.1, -0.05) is 22.9 Å². The van der Waals surface area contributed by atoms with E-state index < -0.39 is 0 Å². The number of anilines is 2. The van der Waals surface area contributed by atoms with Gasteiger partial charge in [-0.25, -0.2) is 0 Å². The highest BCUT2D eigenvalue weighted by Gasteiger charge is 2.09. The third kappa shape index (κ3) is 4.28. The van der Waals surface area contributed by atoms with Gasteiger partial charge in [0, 0.05) is 4.47 Å². The van der Waals surface area contributed by atoms with E-state index in [9.17, 15) is 0 Å². The summed E-state index contributed by atoms with van der Waals surface area (Å²) in [7, 11) is 0. The molecule has 8 heteroatoms. The van der Waals surface area contributed by atoms with E-state index in [0.29, 0.717) is 17.9 Å². The van der Waals surface area contributed by atoms with E-state index in [-0.39, 0.29) is 17.2 Å². The standard InChI is InChI=1S/C13H11BrClN5O/c1-2-5-21-13-19-11(15)18-12(20-13)17-10-4-3-9(14)6-8(10)7-16/h3-4,6H,2,5H2,1H3,(H,17,18,19,20). The van der Waals surface area contributed by atoms with Crippen LogP contribution < -0.4 is 10.1 Å². The molecule has 0 aliphatic carbocycles. The zero-order valence-electron chi connectivity index (χ0n) is 11.1. The highest BCUT2D eigenvalue weighted by atomic mass is 79.9. The zero-order chi connectivity index (χ0) is 15.2. The van der Waals surface area contributed by atoms with E-state index in [2.05, 4.69) is 42.3 Å². The number of ether oxygens (including phenoxy) is 1. The minimum Gasteiger partial charge on any atom is -0.463 e. The average molecular weight is 369 g/mol. The number of benzene rings is 1. The second kappa shape index (κ2) is 7.20. The summed E-state index contributed by atoms with van der Waals surface area (Å²) < 4.78 is 6.14. The molecule has 0 bridgehead atoms. The Labute approximate surface area is 135 Å². The maximum absolute atomic E-state index is 9.13. The van der Waals surface area contributed by atoms with Crippen molar-refractivity contribution in [2.24, 2.45) is 0 Å². The maximum atomic E-state index is 9.13. The number of hydrogen-bond donors (Lipinski definition) is 1. The summed E-state index contributed by atoms with van der Waals surface area (Å²) in [5.41, 5.74) is 1.03. The summed E-state index contributed by atoms with van der Waals surface area (Å²) in [6, 6.07) is 7.48. The monoisotopic (exact) mass is 367 g/mol. The lowest BCUT2D eigenvalue weighted by Crippen LogP contribution is -2.05. The van der Waals surface area contributed by atoms with Crippen molar-refractivity contribution in [3.63, 3.8) is 0 Å². The molecule has 1 aromatic carbocycles. The van der Waals surface area contributed by atoms with Crippen LogP contribution in [0.5, 0.6) is 6.01 Å². The molecule has 2 rings (SSSR count). The third-order valence-corrected chi connectivity index (χ3v) is 3.03. The van der Waals surface area contributed by atoms with Gasteiger partial charge in [0.1, 0.15) is 6.07 Å². The first-order valence-corrected chi connectivity index (χ1v) is 7.30. The number of halogens is 2. The van der Waals surface area contributed by atoms with Crippen molar-refractivity contribution in [2.75, 3.05) is 11.9 Å². The van der Waals surface area contributed by atoms with Crippen LogP contribution in [0.4, 0.5) is 11.6 Å². The molecule has 1 N–H and O–H groups in total. The number of nitriles is 1. The largest absolute Gasteiger partial charge is 0.463 e. The van der Waals surface area contributed by atoms with Crippen LogP contribution in [0.15, 0.2) is 22.7 Å². The van der Waals surface area contributed by atoms with Gasteiger partial charge in [-0.05, 0) is 36.2 Å². The van der Waals surface area contributed by atoms with Gasteiger partial charge < -0.3 is 10.1 Å². The van der Waals surface area contributed by atoms with Crippen molar-refractivity contribution in [1.29, 1.82) is 5.26 Å². The molecule has 0 aliphatic rings. The van der Waals surface area contributed by atoms with E-state index in [1.165, 1.54) is 0 Å². The van der Waals surface area contributed by atoms with Gasteiger partial charge in [0.15, 0.2) is 0 Å². The summed E-state index contributed by atoms with van der Waals surface area (Å²) in [5.74, 6) is 0.222. The Morgan fingerprint density at radius 2 is 2.19 bits per heavy atom. The Kier molecular flexibility index (Phi) is 5.31. The van der Waals surface area contributed by atoms with E-state index >= 15 is 0 Å². The Bertz CT molecular complexity index is 689. The molecule has 0 fully saturated rings. The van der Waals surface area contributed by atoms with Crippen LogP contribution in [0, 0.1) is 11.3 Å². The minimum atomic E-state index is 0.0224. The number of nitrogens with one attached hydrogen (secondary N) is 1. The molecular formula is C13H11BrClN5O. The smallest absolute Gasteiger partial charge is 0.322 e. The van der Waals surface area contributed by atoms with Crippen molar-refractivity contribution in [3.8, 4) is 12.1 Å². The van der Waals surface area contributed by atoms with Crippen LogP contribution >= 0.6 is 27.5 Å². The predicted molar refractivity (Wildman–Crippen MR) is 82.8 cm³/mol. The second-order valence-corrected chi connectivity index (χ2v) is 5.24. The van der Waals surface area contributed by atoms with Crippen molar-refractivity contribution in [3.05, 3.63) is 33.5 Å². The van der Waals surface area contributed by atoms with Crippen LogP contribution in [0.2, 0.25) is 5.28 Å². The molecule has 0 aliphatic heterocycles. The first-order valence-electron chi connectivity index (χ1n) is 6.13. The first kappa shape index (κ1) is 15.5. The van der Waals surface area contributed by atoms with E-state index in [1.807, 2.05) is 6.92 Å². The molecule has 0 radical (unpaired) electrons. The van der Waals surface area contributed by atoms with E-state index in [1.54, 1.807) is 18.2 Å². The Morgan fingerprint density at radius 3 is 2.90 bits per heavy atom. The molecule has 0 unspecified atom stereocenters. The minimum absolute atomic E-state index is 0.0224. The fourth-order valence-corrected chi connectivity index (χ4v) is 2.00. The molecule has 0 saturated heterocycles. The van der Waals surface area contributed by atoms with Crippen LogP contribution in [-0.4, -0.2) is 21.6 Å². The second-order valence-electron chi connectivity index (χ2n) is 3.99. The molecule has 0 saturated carbocycles. The molecule has 1 heterocycles. The van der Waals surface area contributed by atoms with E-state index in [4.69, 9.17) is 21.6 Å². The summed E-state index contributed by atoms with van der Waals surface area (Å²) in [4.78, 5) is 11.9. The maximum Gasteiger partial charge on any atom is 0.322 e. The lowest BCUT2D eigenvalue weighted by atomic mass is 10.2. The van der Waals surface area contributed by atoms with Crippen LogP contribution in [-0.2, 0) is 0 Å². The number of rotatable bonds is 5. The summed E-state index contributed by atoms with van der Waals surface area (Å²) in [6.07, 6.45) is 0.831.